The van der Waals surface area contributed by atoms with Crippen molar-refractivity contribution in [1.82, 2.24) is 4.90 Å². The molecule has 42 heavy (non-hydrogen) atoms. The Kier molecular flexibility index (Phi) is 9.36. The number of piperidine rings is 1. The Hall–Kier alpha value is -2.80. The van der Waals surface area contributed by atoms with E-state index in [2.05, 4.69) is 22.5 Å². The predicted octanol–water partition coefficient (Wildman–Crippen LogP) is 7.01. The second kappa shape index (κ2) is 12.8. The van der Waals surface area contributed by atoms with Gasteiger partial charge in [0.2, 0.25) is 6.86 Å². The van der Waals surface area contributed by atoms with Crippen LogP contribution in [0.3, 0.4) is 0 Å². The van der Waals surface area contributed by atoms with Gasteiger partial charge in [0, 0.05) is 30.7 Å². The average Bonchev–Trinajstić information content (AvgIpc) is 3.53. The van der Waals surface area contributed by atoms with Crippen molar-refractivity contribution < 1.29 is 31.3 Å². The van der Waals surface area contributed by atoms with Crippen LogP contribution in [0.5, 0.6) is 5.75 Å². The van der Waals surface area contributed by atoms with Crippen molar-refractivity contribution >= 4 is 45.2 Å². The fourth-order valence-corrected chi connectivity index (χ4v) is 9.72. The van der Waals surface area contributed by atoms with Crippen LogP contribution in [0.25, 0.3) is 10.1 Å². The molecule has 1 aromatic heterocycles. The summed E-state index contributed by atoms with van der Waals surface area (Å²) in [5.41, 5.74) is 1.14. The minimum atomic E-state index is -4.44. The van der Waals surface area contributed by atoms with Crippen LogP contribution < -0.4 is 20.7 Å². The number of thiophene rings is 1. The maximum atomic E-state index is 14.7. The number of ether oxygens (including phenoxy) is 1. The standard InChI is InChI=1S/C30H33F5N3O2PS/c1-38-13-11-24(23(32)18-38)37-26-7-4-6-21-22(17-30(33,34)35)28(42-29(21)26)8-5-12-36-25-10-9-20(16-27(25)40-19-31)41(39)14-2-3-15-41/h4,6-7,9-10,16,23-24,36-37H,2-3,11-15,17-19H2,1H3/t23-,24+/m0/s1. The number of nitrogens with one attached hydrogen (secondary N) is 2. The van der Waals surface area contributed by atoms with Crippen molar-refractivity contribution in [2.45, 2.75) is 44.1 Å². The maximum Gasteiger partial charge on any atom is 0.393 e. The van der Waals surface area contributed by atoms with Gasteiger partial charge in [0.15, 0.2) is 0 Å². The number of halogens is 5. The summed E-state index contributed by atoms with van der Waals surface area (Å²) in [6, 6.07) is 9.67. The predicted molar refractivity (Wildman–Crippen MR) is 161 cm³/mol. The number of benzene rings is 2. The van der Waals surface area contributed by atoms with Crippen molar-refractivity contribution in [1.29, 1.82) is 0 Å². The van der Waals surface area contributed by atoms with Gasteiger partial charge in [-0.2, -0.15) is 13.2 Å². The summed E-state index contributed by atoms with van der Waals surface area (Å²) >= 11 is 1.15. The maximum absolute atomic E-state index is 14.7. The molecule has 5 rings (SSSR count). The van der Waals surface area contributed by atoms with E-state index >= 15 is 0 Å². The van der Waals surface area contributed by atoms with E-state index in [0.717, 1.165) is 30.7 Å². The molecule has 2 aliphatic rings. The summed E-state index contributed by atoms with van der Waals surface area (Å²) in [5, 5.41) is 7.38. The molecule has 2 atom stereocenters. The largest absolute Gasteiger partial charge is 0.461 e. The molecule has 0 radical (unpaired) electrons. The highest BCUT2D eigenvalue weighted by atomic mass is 32.1. The monoisotopic (exact) mass is 625 g/mol. The van der Waals surface area contributed by atoms with Crippen LogP contribution >= 0.6 is 18.5 Å². The molecule has 0 amide bonds. The molecule has 0 saturated carbocycles. The quantitative estimate of drug-likeness (QED) is 0.160. The lowest BCUT2D eigenvalue weighted by Gasteiger charge is -2.33. The third kappa shape index (κ3) is 7.04. The van der Waals surface area contributed by atoms with E-state index in [1.165, 1.54) is 0 Å². The summed E-state index contributed by atoms with van der Waals surface area (Å²) in [4.78, 5) is 2.20. The van der Waals surface area contributed by atoms with Gasteiger partial charge >= 0.3 is 6.18 Å². The molecular formula is C30H33F5N3O2PS. The van der Waals surface area contributed by atoms with Crippen molar-refractivity contribution in [3.05, 3.63) is 46.8 Å². The van der Waals surface area contributed by atoms with Gasteiger partial charge in [0.1, 0.15) is 19.1 Å². The molecule has 2 saturated heterocycles. The Labute approximate surface area is 246 Å². The number of rotatable bonds is 8. The molecule has 2 aromatic carbocycles. The topological polar surface area (TPSA) is 53.6 Å². The number of likely N-dealkylation sites (tertiary alicyclic amines) is 1. The van der Waals surface area contributed by atoms with Crippen LogP contribution in [0.1, 0.15) is 29.7 Å². The first-order chi connectivity index (χ1) is 20.1. The molecule has 3 heterocycles. The van der Waals surface area contributed by atoms with E-state index in [1.807, 2.05) is 11.9 Å². The van der Waals surface area contributed by atoms with Gasteiger partial charge in [-0.15, -0.1) is 11.3 Å². The lowest BCUT2D eigenvalue weighted by molar-refractivity contribution is -0.126. The minimum Gasteiger partial charge on any atom is -0.461 e. The van der Waals surface area contributed by atoms with Gasteiger partial charge in [-0.25, -0.2) is 8.78 Å². The molecule has 5 nitrogen and oxygen atoms in total. The molecule has 0 unspecified atom stereocenters. The zero-order valence-electron chi connectivity index (χ0n) is 23.2. The number of hydrogen-bond acceptors (Lipinski definition) is 6. The normalized spacial score (nSPS) is 20.7. The first kappa shape index (κ1) is 30.7. The molecule has 0 bridgehead atoms. The van der Waals surface area contributed by atoms with Crippen molar-refractivity contribution in [2.75, 3.05) is 56.5 Å². The Balaban J connectivity index is 1.38. The number of anilines is 2. The van der Waals surface area contributed by atoms with E-state index in [4.69, 9.17) is 4.74 Å². The first-order valence-electron chi connectivity index (χ1n) is 13.9. The van der Waals surface area contributed by atoms with Crippen molar-refractivity contribution in [3.63, 3.8) is 0 Å². The van der Waals surface area contributed by atoms with Crippen LogP contribution in [-0.4, -0.2) is 69.2 Å². The minimum absolute atomic E-state index is 0.0591. The molecule has 0 spiro atoms. The Morgan fingerprint density at radius 2 is 1.95 bits per heavy atom. The molecule has 12 heteroatoms. The second-order valence-electron chi connectivity index (χ2n) is 10.8. The smallest absolute Gasteiger partial charge is 0.393 e. The summed E-state index contributed by atoms with van der Waals surface area (Å²) in [7, 11) is -0.645. The lowest BCUT2D eigenvalue weighted by Crippen LogP contribution is -2.46. The average molecular weight is 626 g/mol. The van der Waals surface area contributed by atoms with Gasteiger partial charge in [-0.1, -0.05) is 24.0 Å². The Morgan fingerprint density at radius 1 is 1.17 bits per heavy atom. The fourth-order valence-electron chi connectivity index (χ4n) is 5.64. The first-order valence-corrected chi connectivity index (χ1v) is 16.8. The lowest BCUT2D eigenvalue weighted by atomic mass is 10.0. The molecule has 2 N–H and O–H groups in total. The van der Waals surface area contributed by atoms with Crippen LogP contribution in [0, 0.1) is 11.8 Å². The molecule has 226 valence electrons. The highest BCUT2D eigenvalue weighted by Gasteiger charge is 2.32. The molecule has 0 aliphatic carbocycles. The SMILES string of the molecule is CN1CC[C@@H](Nc2cccc3c(CC(F)(F)F)c(C#CCNc4ccc(P5(=O)CCCC5)cc4OCF)sc23)[C@@H](F)C1. The molecule has 2 aliphatic heterocycles. The summed E-state index contributed by atoms with van der Waals surface area (Å²) in [5.74, 6) is 6.00. The number of nitrogens with zero attached hydrogens (tertiary/aromatic N) is 1. The molecular weight excluding hydrogens is 592 g/mol. The van der Waals surface area contributed by atoms with Gasteiger partial charge < -0.3 is 24.8 Å². The van der Waals surface area contributed by atoms with Crippen molar-refractivity contribution in [2.24, 2.45) is 0 Å². The van der Waals surface area contributed by atoms with E-state index in [1.54, 1.807) is 36.4 Å². The third-order valence-corrected chi connectivity index (χ3v) is 12.3. The highest BCUT2D eigenvalue weighted by Crippen LogP contribution is 2.51. The van der Waals surface area contributed by atoms with Gasteiger partial charge in [-0.05, 0) is 61.5 Å². The number of alkyl halides is 5. The van der Waals surface area contributed by atoms with Crippen LogP contribution in [-0.2, 0) is 11.0 Å². The van der Waals surface area contributed by atoms with Gasteiger partial charge in [0.05, 0.1) is 40.0 Å². The summed E-state index contributed by atoms with van der Waals surface area (Å²) in [6.07, 6.45) is -3.05. The zero-order chi connectivity index (χ0) is 29.9. The van der Waals surface area contributed by atoms with E-state index in [9.17, 15) is 26.5 Å². The van der Waals surface area contributed by atoms with E-state index in [0.29, 0.717) is 52.1 Å². The zero-order valence-corrected chi connectivity index (χ0v) is 24.9. The van der Waals surface area contributed by atoms with E-state index in [-0.39, 0.29) is 22.7 Å². The third-order valence-electron chi connectivity index (χ3n) is 7.78. The Bertz CT molecular complexity index is 1520. The number of fused-ring (bicyclic) bond motifs is 1. The summed E-state index contributed by atoms with van der Waals surface area (Å²) < 4.78 is 87.5. The highest BCUT2D eigenvalue weighted by molar-refractivity contribution is 7.71. The van der Waals surface area contributed by atoms with Gasteiger partial charge in [-0.3, -0.25) is 0 Å². The Morgan fingerprint density at radius 3 is 2.67 bits per heavy atom. The van der Waals surface area contributed by atoms with Crippen LogP contribution in [0.15, 0.2) is 36.4 Å². The van der Waals surface area contributed by atoms with E-state index < -0.39 is 38.8 Å². The number of hydrogen-bond donors (Lipinski definition) is 2. The second-order valence-corrected chi connectivity index (χ2v) is 15.0. The molecule has 2 fully saturated rings. The fraction of sp³-hybridized carbons (Fsp3) is 0.467. The summed E-state index contributed by atoms with van der Waals surface area (Å²) in [6.45, 7) is 0.0142. The van der Waals surface area contributed by atoms with Crippen LogP contribution in [0.2, 0.25) is 0 Å². The molecule has 3 aromatic rings. The van der Waals surface area contributed by atoms with Crippen molar-refractivity contribution in [3.8, 4) is 17.6 Å². The van der Waals surface area contributed by atoms with Crippen LogP contribution in [0.4, 0.5) is 33.3 Å². The van der Waals surface area contributed by atoms with Gasteiger partial charge in [0.25, 0.3) is 0 Å².